The lowest BCUT2D eigenvalue weighted by Gasteiger charge is -2.44. The molecule has 2 fully saturated rings. The van der Waals surface area contributed by atoms with Crippen LogP contribution in [0.25, 0.3) is 0 Å². The highest BCUT2D eigenvalue weighted by atomic mass is 32.2. The van der Waals surface area contributed by atoms with E-state index in [0.717, 1.165) is 17.4 Å². The number of benzene rings is 1. The molecular formula is C17H19NO7S. The Morgan fingerprint density at radius 1 is 1.23 bits per heavy atom. The van der Waals surface area contributed by atoms with E-state index in [1.807, 2.05) is 6.07 Å². The highest BCUT2D eigenvalue weighted by Crippen LogP contribution is 2.54. The van der Waals surface area contributed by atoms with Crippen LogP contribution in [-0.2, 0) is 40.3 Å². The lowest BCUT2D eigenvalue weighted by atomic mass is 9.97. The molecule has 3 rings (SSSR count). The fourth-order valence-corrected chi connectivity index (χ4v) is 5.78. The van der Waals surface area contributed by atoms with Crippen LogP contribution in [0.15, 0.2) is 30.3 Å². The summed E-state index contributed by atoms with van der Waals surface area (Å²) in [7, 11) is -4.17. The Labute approximate surface area is 151 Å². The van der Waals surface area contributed by atoms with Gasteiger partial charge in [-0.2, -0.15) is 0 Å². The van der Waals surface area contributed by atoms with Crippen LogP contribution >= 0.6 is 0 Å². The van der Waals surface area contributed by atoms with Crippen LogP contribution in [-0.4, -0.2) is 47.0 Å². The molecule has 26 heavy (non-hydrogen) atoms. The molecule has 8 nitrogen and oxygen atoms in total. The largest absolute Gasteiger partial charge is 0.459 e. The van der Waals surface area contributed by atoms with Gasteiger partial charge in [-0.15, -0.1) is 0 Å². The first kappa shape index (κ1) is 18.4. The van der Waals surface area contributed by atoms with Crippen LogP contribution in [0.4, 0.5) is 0 Å². The minimum atomic E-state index is -4.17. The van der Waals surface area contributed by atoms with Gasteiger partial charge in [0.05, 0.1) is 0 Å². The zero-order valence-corrected chi connectivity index (χ0v) is 15.4. The van der Waals surface area contributed by atoms with E-state index in [9.17, 15) is 22.8 Å². The molecule has 2 aliphatic heterocycles. The average Bonchev–Trinajstić information content (AvgIpc) is 2.66. The molecule has 2 aliphatic rings. The van der Waals surface area contributed by atoms with Gasteiger partial charge in [0, 0.05) is 6.92 Å². The summed E-state index contributed by atoms with van der Waals surface area (Å²) in [5, 5.41) is -2.13. The Hall–Kier alpha value is -2.42. The van der Waals surface area contributed by atoms with Crippen LogP contribution in [0, 0.1) is 0 Å². The minimum Gasteiger partial charge on any atom is -0.459 e. The summed E-state index contributed by atoms with van der Waals surface area (Å²) < 4.78 is 34.6. The van der Waals surface area contributed by atoms with E-state index in [0.29, 0.717) is 0 Å². The van der Waals surface area contributed by atoms with Crippen molar-refractivity contribution in [2.75, 3.05) is 0 Å². The fourth-order valence-electron chi connectivity index (χ4n) is 3.46. The molecule has 1 aromatic carbocycles. The molecular weight excluding hydrogens is 362 g/mol. The molecule has 0 saturated carbocycles. The van der Waals surface area contributed by atoms with E-state index in [4.69, 9.17) is 9.47 Å². The fraction of sp³-hybridized carbons (Fsp3) is 0.471. The number of hydrogen-bond acceptors (Lipinski definition) is 7. The van der Waals surface area contributed by atoms with Gasteiger partial charge in [0.25, 0.3) is 0 Å². The van der Waals surface area contributed by atoms with Gasteiger partial charge in [-0.1, -0.05) is 30.3 Å². The maximum Gasteiger partial charge on any atom is 0.331 e. The van der Waals surface area contributed by atoms with Crippen molar-refractivity contribution >= 4 is 27.7 Å². The molecule has 0 radical (unpaired) electrons. The van der Waals surface area contributed by atoms with Crippen molar-refractivity contribution in [1.82, 2.24) is 4.90 Å². The van der Waals surface area contributed by atoms with E-state index >= 15 is 0 Å². The molecule has 2 atom stereocenters. The lowest BCUT2D eigenvalue weighted by Crippen LogP contribution is -2.67. The number of carbonyl (C=O) groups is 3. The molecule has 2 heterocycles. The molecule has 0 N–H and O–H groups in total. The number of rotatable bonds is 4. The van der Waals surface area contributed by atoms with Gasteiger partial charge in [-0.25, -0.2) is 13.2 Å². The second-order valence-corrected chi connectivity index (χ2v) is 9.55. The van der Waals surface area contributed by atoms with E-state index < -0.39 is 49.9 Å². The quantitative estimate of drug-likeness (QED) is 0.560. The summed E-state index contributed by atoms with van der Waals surface area (Å²) in [5.41, 5.74) is 0.723. The van der Waals surface area contributed by atoms with E-state index in [-0.39, 0.29) is 6.61 Å². The first-order chi connectivity index (χ1) is 12.0. The van der Waals surface area contributed by atoms with E-state index in [1.54, 1.807) is 24.3 Å². The highest BCUT2D eigenvalue weighted by Gasteiger charge is 2.79. The number of carbonyl (C=O) groups excluding carboxylic acids is 3. The van der Waals surface area contributed by atoms with Gasteiger partial charge in [0.15, 0.2) is 6.04 Å². The number of nitrogens with zero attached hydrogens (tertiary/aromatic N) is 1. The summed E-state index contributed by atoms with van der Waals surface area (Å²) in [6.07, 6.45) is -0.499. The third-order valence-corrected chi connectivity index (χ3v) is 7.66. The van der Waals surface area contributed by atoms with Crippen molar-refractivity contribution in [3.8, 4) is 0 Å². The summed E-state index contributed by atoms with van der Waals surface area (Å²) in [6.45, 7) is 3.65. The van der Waals surface area contributed by atoms with Crippen molar-refractivity contribution in [2.24, 2.45) is 0 Å². The molecule has 2 saturated heterocycles. The Morgan fingerprint density at radius 3 is 2.38 bits per heavy atom. The number of fused-ring (bicyclic) bond motifs is 1. The van der Waals surface area contributed by atoms with Crippen LogP contribution in [0.2, 0.25) is 0 Å². The van der Waals surface area contributed by atoms with Gasteiger partial charge >= 0.3 is 17.0 Å². The molecule has 9 heteroatoms. The SMILES string of the molecule is CC(=O)OC12CC(=O)N1[C@@H](C(=O)OCc1ccccc1)C(C)(C)S2(=O)=O. The number of sulfone groups is 1. The monoisotopic (exact) mass is 381 g/mol. The molecule has 0 bridgehead atoms. The summed E-state index contributed by atoms with van der Waals surface area (Å²) in [4.78, 5) is 37.1. The van der Waals surface area contributed by atoms with Gasteiger partial charge in [-0.05, 0) is 19.4 Å². The second-order valence-electron chi connectivity index (χ2n) is 6.85. The van der Waals surface area contributed by atoms with Gasteiger partial charge in [-0.3, -0.25) is 14.5 Å². The summed E-state index contributed by atoms with van der Waals surface area (Å²) >= 11 is 0. The third kappa shape index (κ3) is 2.33. The van der Waals surface area contributed by atoms with Crippen LogP contribution < -0.4 is 0 Å². The standard InChI is InChI=1S/C17H19NO7S/c1-11(19)25-17-9-13(20)18(17)14(16(2,3)26(17,22)23)15(21)24-10-12-7-5-4-6-8-12/h4-8,14H,9-10H2,1-3H3/t14-,17?/m0/s1. The zero-order chi connectivity index (χ0) is 19.3. The summed E-state index contributed by atoms with van der Waals surface area (Å²) in [6, 6.07) is 7.47. The Morgan fingerprint density at radius 2 is 1.85 bits per heavy atom. The van der Waals surface area contributed by atoms with Crippen molar-refractivity contribution in [3.63, 3.8) is 0 Å². The van der Waals surface area contributed by atoms with Crippen molar-refractivity contribution in [3.05, 3.63) is 35.9 Å². The Balaban J connectivity index is 1.92. The summed E-state index contributed by atoms with van der Waals surface area (Å²) in [5.74, 6) is -2.29. The molecule has 1 amide bonds. The predicted octanol–water partition coefficient (Wildman–Crippen LogP) is 0.755. The lowest BCUT2D eigenvalue weighted by molar-refractivity contribution is -0.200. The molecule has 140 valence electrons. The van der Waals surface area contributed by atoms with E-state index in [2.05, 4.69) is 0 Å². The number of ether oxygens (including phenoxy) is 2. The van der Waals surface area contributed by atoms with Crippen LogP contribution in [0.5, 0.6) is 0 Å². The van der Waals surface area contributed by atoms with Crippen molar-refractivity contribution in [1.29, 1.82) is 0 Å². The first-order valence-electron chi connectivity index (χ1n) is 8.01. The number of amides is 1. The van der Waals surface area contributed by atoms with Gasteiger partial charge in [0.2, 0.25) is 15.7 Å². The average molecular weight is 381 g/mol. The number of β-lactam (4-membered cyclic amide) rings is 1. The van der Waals surface area contributed by atoms with Crippen LogP contribution in [0.1, 0.15) is 32.8 Å². The normalized spacial score (nSPS) is 28.0. The number of esters is 2. The molecule has 0 aromatic heterocycles. The Bertz CT molecular complexity index is 878. The minimum absolute atomic E-state index is 0.0606. The predicted molar refractivity (Wildman–Crippen MR) is 89.0 cm³/mol. The second kappa shape index (κ2) is 5.80. The smallest absolute Gasteiger partial charge is 0.331 e. The molecule has 1 aromatic rings. The first-order valence-corrected chi connectivity index (χ1v) is 9.49. The molecule has 0 aliphatic carbocycles. The van der Waals surface area contributed by atoms with Gasteiger partial charge < -0.3 is 9.47 Å². The van der Waals surface area contributed by atoms with Crippen LogP contribution in [0.3, 0.4) is 0 Å². The van der Waals surface area contributed by atoms with Gasteiger partial charge in [0.1, 0.15) is 17.8 Å². The van der Waals surface area contributed by atoms with Crippen molar-refractivity contribution in [2.45, 2.75) is 49.6 Å². The maximum atomic E-state index is 13.0. The van der Waals surface area contributed by atoms with E-state index in [1.165, 1.54) is 13.8 Å². The maximum absolute atomic E-state index is 13.0. The molecule has 0 spiro atoms. The third-order valence-electron chi connectivity index (χ3n) is 4.79. The van der Waals surface area contributed by atoms with Crippen molar-refractivity contribution < 1.29 is 32.3 Å². The zero-order valence-electron chi connectivity index (χ0n) is 14.6. The highest BCUT2D eigenvalue weighted by molar-refractivity contribution is 7.94. The topological polar surface area (TPSA) is 107 Å². The Kier molecular flexibility index (Phi) is 4.10. The number of hydrogen-bond donors (Lipinski definition) is 0. The molecule has 1 unspecified atom stereocenters.